The van der Waals surface area contributed by atoms with Gasteiger partial charge in [-0.1, -0.05) is 29.3 Å². The monoisotopic (exact) mass is 313 g/mol. The van der Waals surface area contributed by atoms with Crippen molar-refractivity contribution in [2.24, 2.45) is 5.14 Å². The van der Waals surface area contributed by atoms with Crippen molar-refractivity contribution in [1.29, 1.82) is 0 Å². The van der Waals surface area contributed by atoms with E-state index in [2.05, 4.69) is 4.18 Å². The molecule has 2 atom stereocenters. The topological polar surface area (TPSA) is 78.6 Å². The lowest BCUT2D eigenvalue weighted by Crippen LogP contribution is -2.28. The molecule has 0 amide bonds. The largest absolute Gasteiger partial charge is 0.374 e. The fraction of sp³-hybridized carbons (Fsp3) is 0.400. The van der Waals surface area contributed by atoms with Crippen LogP contribution in [0.3, 0.4) is 0 Å². The smallest absolute Gasteiger partial charge is 0.333 e. The molecule has 0 aromatic heterocycles. The molecule has 0 aliphatic rings. The lowest BCUT2D eigenvalue weighted by Gasteiger charge is -2.23. The van der Waals surface area contributed by atoms with Crippen molar-refractivity contribution < 1.29 is 17.3 Å². The summed E-state index contributed by atoms with van der Waals surface area (Å²) in [6, 6.07) is 4.92. The van der Waals surface area contributed by atoms with Gasteiger partial charge in [0, 0.05) is 22.7 Å². The van der Waals surface area contributed by atoms with E-state index >= 15 is 0 Å². The minimum Gasteiger partial charge on any atom is -0.374 e. The van der Waals surface area contributed by atoms with Crippen LogP contribution in [-0.2, 0) is 19.2 Å². The highest BCUT2D eigenvalue weighted by Crippen LogP contribution is 2.35. The Morgan fingerprint density at radius 3 is 2.17 bits per heavy atom. The minimum atomic E-state index is -4.08. The molecule has 5 nitrogen and oxygen atoms in total. The molecule has 1 rings (SSSR count). The third kappa shape index (κ3) is 4.08. The number of hydrogen-bond donors (Lipinski definition) is 1. The molecule has 102 valence electrons. The van der Waals surface area contributed by atoms with Crippen LogP contribution in [0, 0.1) is 0 Å². The highest BCUT2D eigenvalue weighted by atomic mass is 35.5. The molecule has 0 heterocycles. The van der Waals surface area contributed by atoms with Gasteiger partial charge in [0.25, 0.3) is 0 Å². The molecule has 0 saturated heterocycles. The summed E-state index contributed by atoms with van der Waals surface area (Å²) in [6.07, 6.45) is -1.60. The zero-order valence-corrected chi connectivity index (χ0v) is 12.1. The summed E-state index contributed by atoms with van der Waals surface area (Å²) in [5.41, 5.74) is 0.458. The van der Waals surface area contributed by atoms with Gasteiger partial charge in [0.2, 0.25) is 0 Å². The van der Waals surface area contributed by atoms with E-state index in [1.165, 1.54) is 14.0 Å². The fourth-order valence-corrected chi connectivity index (χ4v) is 2.73. The Morgan fingerprint density at radius 1 is 1.28 bits per heavy atom. The van der Waals surface area contributed by atoms with Gasteiger partial charge in [-0.2, -0.15) is 8.42 Å². The molecule has 2 N–H and O–H groups in total. The van der Waals surface area contributed by atoms with Crippen molar-refractivity contribution in [3.63, 3.8) is 0 Å². The van der Waals surface area contributed by atoms with Gasteiger partial charge in [-0.05, 0) is 19.1 Å². The Morgan fingerprint density at radius 2 is 1.78 bits per heavy atom. The molecule has 8 heteroatoms. The first-order valence-electron chi connectivity index (χ1n) is 4.94. The molecule has 0 aliphatic heterocycles. The third-order valence-electron chi connectivity index (χ3n) is 2.25. The van der Waals surface area contributed by atoms with Crippen molar-refractivity contribution >= 4 is 33.5 Å². The van der Waals surface area contributed by atoms with E-state index in [0.29, 0.717) is 15.6 Å². The van der Waals surface area contributed by atoms with E-state index in [0.717, 1.165) is 0 Å². The molecule has 0 aliphatic carbocycles. The summed E-state index contributed by atoms with van der Waals surface area (Å²) in [7, 11) is -2.68. The Hall–Kier alpha value is -0.370. The van der Waals surface area contributed by atoms with Crippen LogP contribution >= 0.6 is 23.2 Å². The quantitative estimate of drug-likeness (QED) is 0.904. The molecule has 0 saturated carbocycles. The molecular weight excluding hydrogens is 301 g/mol. The van der Waals surface area contributed by atoms with Gasteiger partial charge < -0.3 is 4.74 Å². The summed E-state index contributed by atoms with van der Waals surface area (Å²) in [6.45, 7) is 1.50. The maximum Gasteiger partial charge on any atom is 0.333 e. The number of nitrogens with two attached hydrogens (primary N) is 1. The van der Waals surface area contributed by atoms with E-state index in [1.54, 1.807) is 18.2 Å². The average Bonchev–Trinajstić information content (AvgIpc) is 2.20. The van der Waals surface area contributed by atoms with Crippen molar-refractivity contribution in [3.8, 4) is 0 Å². The highest BCUT2D eigenvalue weighted by molar-refractivity contribution is 7.84. The van der Waals surface area contributed by atoms with Gasteiger partial charge in [-0.3, -0.25) is 4.18 Å². The average molecular weight is 314 g/mol. The lowest BCUT2D eigenvalue weighted by atomic mass is 10.1. The summed E-state index contributed by atoms with van der Waals surface area (Å²) in [5.74, 6) is 0. The van der Waals surface area contributed by atoms with E-state index in [1.807, 2.05) is 0 Å². The van der Waals surface area contributed by atoms with Crippen molar-refractivity contribution in [2.45, 2.75) is 19.1 Å². The molecule has 1 aromatic carbocycles. The molecule has 0 radical (unpaired) electrons. The number of halogens is 2. The standard InChI is InChI=1S/C10H13Cl2NO4S/c1-6(17-18(13,14)15)10(16-2)9-7(11)4-3-5-8(9)12/h3-6,10H,1-2H3,(H2,13,14,15)/t6-,10+/m0/s1. The van der Waals surface area contributed by atoms with E-state index in [4.69, 9.17) is 33.1 Å². The predicted molar refractivity (Wildman–Crippen MR) is 69.9 cm³/mol. The van der Waals surface area contributed by atoms with Crippen LogP contribution < -0.4 is 5.14 Å². The molecular formula is C10H13Cl2NO4S. The van der Waals surface area contributed by atoms with Gasteiger partial charge in [-0.25, -0.2) is 5.14 Å². The molecule has 18 heavy (non-hydrogen) atoms. The Balaban J connectivity index is 3.10. The number of ether oxygens (including phenoxy) is 1. The molecule has 0 fully saturated rings. The summed E-state index contributed by atoms with van der Waals surface area (Å²) < 4.78 is 31.6. The highest BCUT2D eigenvalue weighted by Gasteiger charge is 2.27. The van der Waals surface area contributed by atoms with Gasteiger partial charge in [-0.15, -0.1) is 0 Å². The van der Waals surface area contributed by atoms with E-state index in [9.17, 15) is 8.42 Å². The zero-order valence-electron chi connectivity index (χ0n) is 9.76. The Bertz CT molecular complexity index is 500. The fourth-order valence-electron chi connectivity index (χ4n) is 1.59. The number of hydrogen-bond acceptors (Lipinski definition) is 4. The van der Waals surface area contributed by atoms with E-state index in [-0.39, 0.29) is 0 Å². The first-order valence-corrected chi connectivity index (χ1v) is 7.16. The number of benzene rings is 1. The molecule has 0 spiro atoms. The van der Waals surface area contributed by atoms with Gasteiger partial charge in [0.1, 0.15) is 12.2 Å². The summed E-state index contributed by atoms with van der Waals surface area (Å²) in [4.78, 5) is 0. The maximum atomic E-state index is 10.9. The van der Waals surface area contributed by atoms with Crippen LogP contribution in [0.1, 0.15) is 18.6 Å². The van der Waals surface area contributed by atoms with Gasteiger partial charge in [0.15, 0.2) is 0 Å². The third-order valence-corrected chi connectivity index (χ3v) is 3.48. The predicted octanol–water partition coefficient (Wildman–Crippen LogP) is 2.29. The normalized spacial score (nSPS) is 15.4. The second-order valence-corrected chi connectivity index (χ2v) is 5.58. The number of rotatable bonds is 5. The van der Waals surface area contributed by atoms with Crippen molar-refractivity contribution in [3.05, 3.63) is 33.8 Å². The second-order valence-electron chi connectivity index (χ2n) is 3.59. The second kappa shape index (κ2) is 6.18. The van der Waals surface area contributed by atoms with Crippen molar-refractivity contribution in [1.82, 2.24) is 0 Å². The molecule has 0 unspecified atom stereocenters. The summed E-state index contributed by atoms with van der Waals surface area (Å²) >= 11 is 12.0. The minimum absolute atomic E-state index is 0.360. The van der Waals surface area contributed by atoms with E-state index < -0.39 is 22.5 Å². The van der Waals surface area contributed by atoms with Crippen LogP contribution in [0.4, 0.5) is 0 Å². The lowest BCUT2D eigenvalue weighted by molar-refractivity contribution is 0.0127. The molecule has 0 bridgehead atoms. The van der Waals surface area contributed by atoms with Crippen LogP contribution in [0.15, 0.2) is 18.2 Å². The Kier molecular flexibility index (Phi) is 5.39. The maximum absolute atomic E-state index is 10.9. The number of methoxy groups -OCH3 is 1. The Labute approximate surface area is 116 Å². The zero-order chi connectivity index (χ0) is 13.9. The summed E-state index contributed by atoms with van der Waals surface area (Å²) in [5, 5.41) is 5.53. The van der Waals surface area contributed by atoms with Gasteiger partial charge in [0.05, 0.1) is 0 Å². The van der Waals surface area contributed by atoms with Crippen LogP contribution in [-0.4, -0.2) is 21.6 Å². The molecule has 1 aromatic rings. The first-order chi connectivity index (χ1) is 8.26. The van der Waals surface area contributed by atoms with Crippen LogP contribution in [0.25, 0.3) is 0 Å². The van der Waals surface area contributed by atoms with Gasteiger partial charge >= 0.3 is 10.3 Å². The first kappa shape index (κ1) is 15.7. The van der Waals surface area contributed by atoms with Crippen molar-refractivity contribution in [2.75, 3.05) is 7.11 Å². The van der Waals surface area contributed by atoms with Crippen LogP contribution in [0.2, 0.25) is 10.0 Å². The van der Waals surface area contributed by atoms with Crippen LogP contribution in [0.5, 0.6) is 0 Å². The SMILES string of the molecule is CO[C@@H](c1c(Cl)cccc1Cl)[C@H](C)OS(N)(=O)=O.